The van der Waals surface area contributed by atoms with Crippen LogP contribution in [0.25, 0.3) is 28.2 Å². The molecule has 0 saturated heterocycles. The fraction of sp³-hybridized carbons (Fsp3) is 0.438. The summed E-state index contributed by atoms with van der Waals surface area (Å²) in [6, 6.07) is 12.0. The van der Waals surface area contributed by atoms with Crippen LogP contribution < -0.4 is 4.74 Å². The van der Waals surface area contributed by atoms with Gasteiger partial charge in [-0.25, -0.2) is 4.79 Å². The minimum absolute atomic E-state index is 0.0126. The Labute approximate surface area is 230 Å². The van der Waals surface area contributed by atoms with Gasteiger partial charge in [-0.05, 0) is 73.2 Å². The summed E-state index contributed by atoms with van der Waals surface area (Å²) in [6.45, 7) is 3.98. The van der Waals surface area contributed by atoms with Gasteiger partial charge in [0.25, 0.3) is 5.91 Å². The number of aromatic nitrogens is 1. The molecule has 0 radical (unpaired) electrons. The number of fused-ring (bicyclic) bond motifs is 5. The molecule has 1 fully saturated rings. The van der Waals surface area contributed by atoms with Gasteiger partial charge in [-0.3, -0.25) is 4.79 Å². The Kier molecular flexibility index (Phi) is 8.07. The maximum Gasteiger partial charge on any atom is 0.337 e. The monoisotopic (exact) mass is 530 g/mol. The highest BCUT2D eigenvalue weighted by molar-refractivity contribution is 6.03. The van der Waals surface area contributed by atoms with E-state index in [1.54, 1.807) is 14.2 Å². The third-order valence-electron chi connectivity index (χ3n) is 8.22. The van der Waals surface area contributed by atoms with Crippen molar-refractivity contribution in [2.45, 2.75) is 51.5 Å². The molecule has 0 atom stereocenters. The Morgan fingerprint density at radius 1 is 1.03 bits per heavy atom. The third kappa shape index (κ3) is 5.08. The summed E-state index contributed by atoms with van der Waals surface area (Å²) in [6.07, 6.45) is 7.97. The van der Waals surface area contributed by atoms with Gasteiger partial charge in [-0.1, -0.05) is 25.3 Å². The average molecular weight is 531 g/mol. The molecule has 1 amide bonds. The fourth-order valence-electron chi connectivity index (χ4n) is 6.22. The van der Waals surface area contributed by atoms with E-state index in [1.165, 1.54) is 31.9 Å². The van der Waals surface area contributed by atoms with Crippen molar-refractivity contribution in [3.05, 3.63) is 58.7 Å². The second-order valence-corrected chi connectivity index (χ2v) is 10.4. The molecule has 0 N–H and O–H groups in total. The molecule has 0 bridgehead atoms. The number of carbonyl (C=O) groups excluding carboxylic acids is 2. The second-order valence-electron chi connectivity index (χ2n) is 10.4. The van der Waals surface area contributed by atoms with Crippen LogP contribution in [-0.4, -0.2) is 62.4 Å². The van der Waals surface area contributed by atoms with Crippen LogP contribution in [0.4, 0.5) is 0 Å². The maximum atomic E-state index is 13.9. The molecule has 7 nitrogen and oxygen atoms in total. The third-order valence-corrected chi connectivity index (χ3v) is 8.22. The van der Waals surface area contributed by atoms with Crippen LogP contribution in [0.3, 0.4) is 0 Å². The fourth-order valence-corrected chi connectivity index (χ4v) is 6.22. The van der Waals surface area contributed by atoms with Crippen LogP contribution in [0.5, 0.6) is 5.75 Å². The van der Waals surface area contributed by atoms with Crippen molar-refractivity contribution >= 4 is 28.9 Å². The number of benzene rings is 2. The van der Waals surface area contributed by atoms with Crippen LogP contribution in [0.1, 0.15) is 66.4 Å². The molecule has 3 aromatic rings. The molecule has 0 unspecified atom stereocenters. The Morgan fingerprint density at radius 3 is 2.51 bits per heavy atom. The first-order chi connectivity index (χ1) is 19.0. The summed E-state index contributed by atoms with van der Waals surface area (Å²) in [5, 5.41) is 1.15. The zero-order valence-electron chi connectivity index (χ0n) is 23.4. The van der Waals surface area contributed by atoms with E-state index in [-0.39, 0.29) is 11.9 Å². The van der Waals surface area contributed by atoms with E-state index in [9.17, 15) is 9.59 Å². The standard InChI is InChI=1S/C32H38N2O5/c1-5-33(15-16-37-2)31(35)24-17-23-18-25(38-3)12-14-26(23)30-29(21-9-7-6-8-10-21)27-13-11-22(32(36)39-4)19-28(27)34(30)20-24/h11-14,17-19,21H,5-10,15-16,20H2,1-4H3. The zero-order chi connectivity index (χ0) is 27.5. The van der Waals surface area contributed by atoms with Gasteiger partial charge in [0.2, 0.25) is 0 Å². The summed E-state index contributed by atoms with van der Waals surface area (Å²) in [5.41, 5.74) is 6.65. The van der Waals surface area contributed by atoms with Crippen LogP contribution in [0.15, 0.2) is 42.0 Å². The van der Waals surface area contributed by atoms with E-state index in [0.29, 0.717) is 43.3 Å². The maximum absolute atomic E-state index is 13.9. The van der Waals surface area contributed by atoms with Gasteiger partial charge in [0, 0.05) is 42.2 Å². The molecular weight excluding hydrogens is 492 g/mol. The van der Waals surface area contributed by atoms with Crippen molar-refractivity contribution in [3.63, 3.8) is 0 Å². The van der Waals surface area contributed by atoms with Gasteiger partial charge in [-0.15, -0.1) is 0 Å². The minimum Gasteiger partial charge on any atom is -0.497 e. The van der Waals surface area contributed by atoms with Gasteiger partial charge in [0.05, 0.1) is 38.6 Å². The van der Waals surface area contributed by atoms with E-state index in [1.807, 2.05) is 42.2 Å². The first-order valence-electron chi connectivity index (χ1n) is 13.9. The smallest absolute Gasteiger partial charge is 0.337 e. The topological polar surface area (TPSA) is 70.0 Å². The molecule has 1 saturated carbocycles. The molecule has 1 aliphatic carbocycles. The van der Waals surface area contributed by atoms with E-state index >= 15 is 0 Å². The molecule has 2 heterocycles. The van der Waals surface area contributed by atoms with Gasteiger partial charge in [0.15, 0.2) is 0 Å². The number of rotatable bonds is 8. The predicted molar refractivity (Wildman–Crippen MR) is 153 cm³/mol. The first-order valence-corrected chi connectivity index (χ1v) is 13.9. The molecule has 206 valence electrons. The lowest BCUT2D eigenvalue weighted by atomic mass is 9.81. The average Bonchev–Trinajstić information content (AvgIpc) is 3.19. The van der Waals surface area contributed by atoms with Gasteiger partial charge in [0.1, 0.15) is 5.75 Å². The van der Waals surface area contributed by atoms with Crippen molar-refractivity contribution in [1.82, 2.24) is 9.47 Å². The Hall–Kier alpha value is -3.58. The van der Waals surface area contributed by atoms with Crippen LogP contribution in [0, 0.1) is 0 Å². The number of likely N-dealkylation sites (N-methyl/N-ethyl adjacent to an activating group) is 1. The zero-order valence-corrected chi connectivity index (χ0v) is 23.4. The van der Waals surface area contributed by atoms with Crippen LogP contribution >= 0.6 is 0 Å². The number of nitrogens with zero attached hydrogens (tertiary/aromatic N) is 2. The number of hydrogen-bond donors (Lipinski definition) is 0. The van der Waals surface area contributed by atoms with Crippen molar-refractivity contribution in [1.29, 1.82) is 0 Å². The SMILES string of the molecule is CCN(CCOC)C(=O)C1=Cc2cc(OC)ccc2-c2c(C3CCCCC3)c3ccc(C(=O)OC)cc3n2C1. The predicted octanol–water partition coefficient (Wildman–Crippen LogP) is 6.04. The highest BCUT2D eigenvalue weighted by Crippen LogP contribution is 2.47. The molecular formula is C32H38N2O5. The summed E-state index contributed by atoms with van der Waals surface area (Å²) in [4.78, 5) is 28.3. The van der Waals surface area contributed by atoms with E-state index in [0.717, 1.165) is 46.3 Å². The largest absolute Gasteiger partial charge is 0.497 e. The first kappa shape index (κ1) is 27.0. The van der Waals surface area contributed by atoms with Gasteiger partial charge >= 0.3 is 5.97 Å². The van der Waals surface area contributed by atoms with Crippen LogP contribution in [-0.2, 0) is 20.8 Å². The summed E-state index contributed by atoms with van der Waals surface area (Å²) < 4.78 is 18.2. The highest BCUT2D eigenvalue weighted by atomic mass is 16.5. The number of amides is 1. The van der Waals surface area contributed by atoms with Gasteiger partial charge < -0.3 is 23.7 Å². The van der Waals surface area contributed by atoms with Crippen molar-refractivity contribution in [2.75, 3.05) is 41.0 Å². The molecule has 2 aromatic carbocycles. The van der Waals surface area contributed by atoms with E-state index in [4.69, 9.17) is 14.2 Å². The van der Waals surface area contributed by atoms with Crippen molar-refractivity contribution in [3.8, 4) is 17.0 Å². The molecule has 7 heteroatoms. The number of esters is 1. The molecule has 1 aromatic heterocycles. The Morgan fingerprint density at radius 2 is 1.82 bits per heavy atom. The Bertz CT molecular complexity index is 1410. The highest BCUT2D eigenvalue weighted by Gasteiger charge is 2.31. The quantitative estimate of drug-likeness (QED) is 0.332. The number of ether oxygens (including phenoxy) is 3. The second kappa shape index (κ2) is 11.7. The number of hydrogen-bond acceptors (Lipinski definition) is 5. The Balaban J connectivity index is 1.77. The van der Waals surface area contributed by atoms with E-state index in [2.05, 4.69) is 16.7 Å². The molecule has 39 heavy (non-hydrogen) atoms. The summed E-state index contributed by atoms with van der Waals surface area (Å²) in [7, 11) is 4.72. The van der Waals surface area contributed by atoms with Crippen LogP contribution in [0.2, 0.25) is 0 Å². The van der Waals surface area contributed by atoms with Gasteiger partial charge in [-0.2, -0.15) is 0 Å². The molecule has 2 aliphatic rings. The normalized spacial score (nSPS) is 15.2. The van der Waals surface area contributed by atoms with E-state index < -0.39 is 0 Å². The minimum atomic E-state index is -0.367. The molecule has 5 rings (SSSR count). The number of methoxy groups -OCH3 is 3. The number of carbonyl (C=O) groups is 2. The summed E-state index contributed by atoms with van der Waals surface area (Å²) >= 11 is 0. The lowest BCUT2D eigenvalue weighted by Gasteiger charge is -2.24. The van der Waals surface area contributed by atoms with Crippen molar-refractivity contribution in [2.24, 2.45) is 0 Å². The van der Waals surface area contributed by atoms with Crippen molar-refractivity contribution < 1.29 is 23.8 Å². The lowest BCUT2D eigenvalue weighted by molar-refractivity contribution is -0.127. The molecule has 1 aliphatic heterocycles. The summed E-state index contributed by atoms with van der Waals surface area (Å²) in [5.74, 6) is 0.790. The lowest BCUT2D eigenvalue weighted by Crippen LogP contribution is -2.35. The molecule has 0 spiro atoms.